The molecule has 110 valence electrons. The van der Waals surface area contributed by atoms with Crippen molar-refractivity contribution in [2.45, 2.75) is 51.2 Å². The van der Waals surface area contributed by atoms with E-state index in [0.29, 0.717) is 12.3 Å². The van der Waals surface area contributed by atoms with Crippen LogP contribution in [0.1, 0.15) is 39.0 Å². The zero-order chi connectivity index (χ0) is 13.9. The van der Waals surface area contributed by atoms with E-state index in [1.165, 1.54) is 6.42 Å². The molecule has 0 radical (unpaired) electrons. The Hall–Kier alpha value is -0.620. The van der Waals surface area contributed by atoms with Crippen molar-refractivity contribution in [1.29, 1.82) is 0 Å². The summed E-state index contributed by atoms with van der Waals surface area (Å²) in [4.78, 5) is 11.6. The van der Waals surface area contributed by atoms with Gasteiger partial charge in [-0.25, -0.2) is 13.2 Å². The molecule has 19 heavy (non-hydrogen) atoms. The zero-order valence-corrected chi connectivity index (χ0v) is 12.2. The molecule has 0 N–H and O–H groups in total. The first kappa shape index (κ1) is 14.8. The summed E-state index contributed by atoms with van der Waals surface area (Å²) in [5.41, 5.74) is 0. The molecule has 6 heteroatoms. The van der Waals surface area contributed by atoms with Gasteiger partial charge in [0.15, 0.2) is 9.84 Å². The van der Waals surface area contributed by atoms with Crippen molar-refractivity contribution >= 4 is 15.8 Å². The van der Waals surface area contributed by atoms with Crippen molar-refractivity contribution in [3.05, 3.63) is 0 Å². The minimum atomic E-state index is -3.00. The standard InChI is InChI=1S/C13H22O5S/c1-10-3-2-4-11(7-10)17-8-13(14)18-12-5-6-19(15,16)9-12/h10-12H,2-9H2,1H3/t10-,11+,12-/m1/s1. The molecule has 1 saturated carbocycles. The van der Waals surface area contributed by atoms with Gasteiger partial charge in [-0.05, 0) is 25.2 Å². The average Bonchev–Trinajstić information content (AvgIpc) is 2.66. The maximum absolute atomic E-state index is 11.6. The van der Waals surface area contributed by atoms with Crippen molar-refractivity contribution in [3.63, 3.8) is 0 Å². The highest BCUT2D eigenvalue weighted by Gasteiger charge is 2.31. The van der Waals surface area contributed by atoms with E-state index in [2.05, 4.69) is 6.92 Å². The van der Waals surface area contributed by atoms with Crippen molar-refractivity contribution in [3.8, 4) is 0 Å². The number of ether oxygens (including phenoxy) is 2. The molecule has 0 amide bonds. The third kappa shape index (κ3) is 4.76. The number of carbonyl (C=O) groups is 1. The molecule has 0 spiro atoms. The summed E-state index contributed by atoms with van der Waals surface area (Å²) in [7, 11) is -3.00. The summed E-state index contributed by atoms with van der Waals surface area (Å²) >= 11 is 0. The van der Waals surface area contributed by atoms with Crippen molar-refractivity contribution < 1.29 is 22.7 Å². The van der Waals surface area contributed by atoms with Crippen LogP contribution in [-0.2, 0) is 24.1 Å². The second kappa shape index (κ2) is 6.22. The van der Waals surface area contributed by atoms with Gasteiger partial charge < -0.3 is 9.47 Å². The molecule has 1 saturated heterocycles. The van der Waals surface area contributed by atoms with Gasteiger partial charge in [-0.3, -0.25) is 0 Å². The Morgan fingerprint density at radius 1 is 1.21 bits per heavy atom. The van der Waals surface area contributed by atoms with Crippen LogP contribution in [0.4, 0.5) is 0 Å². The van der Waals surface area contributed by atoms with Gasteiger partial charge in [0, 0.05) is 0 Å². The normalized spacial score (nSPS) is 34.1. The Morgan fingerprint density at radius 3 is 2.63 bits per heavy atom. The number of rotatable bonds is 4. The largest absolute Gasteiger partial charge is 0.460 e. The van der Waals surface area contributed by atoms with E-state index in [-0.39, 0.29) is 24.2 Å². The van der Waals surface area contributed by atoms with E-state index in [4.69, 9.17) is 9.47 Å². The van der Waals surface area contributed by atoms with Gasteiger partial charge in [0.2, 0.25) is 0 Å². The lowest BCUT2D eigenvalue weighted by atomic mass is 9.89. The van der Waals surface area contributed by atoms with Crippen LogP contribution in [0.25, 0.3) is 0 Å². The lowest BCUT2D eigenvalue weighted by Crippen LogP contribution is -2.27. The van der Waals surface area contributed by atoms with E-state index in [0.717, 1.165) is 19.3 Å². The summed E-state index contributed by atoms with van der Waals surface area (Å²) < 4.78 is 33.2. The molecule has 0 aromatic carbocycles. The van der Waals surface area contributed by atoms with E-state index in [1.54, 1.807) is 0 Å². The SMILES string of the molecule is C[C@@H]1CCC[C@H](OCC(=O)O[C@@H]2CCS(=O)(=O)C2)C1. The minimum Gasteiger partial charge on any atom is -0.460 e. The first-order valence-electron chi connectivity index (χ1n) is 6.96. The number of esters is 1. The van der Waals surface area contributed by atoms with Gasteiger partial charge in [0.1, 0.15) is 12.7 Å². The molecule has 3 atom stereocenters. The highest BCUT2D eigenvalue weighted by molar-refractivity contribution is 7.91. The van der Waals surface area contributed by atoms with Gasteiger partial charge in [-0.2, -0.15) is 0 Å². The van der Waals surface area contributed by atoms with Crippen LogP contribution in [0.2, 0.25) is 0 Å². The van der Waals surface area contributed by atoms with Crippen LogP contribution in [0.5, 0.6) is 0 Å². The molecule has 0 aromatic heterocycles. The topological polar surface area (TPSA) is 69.7 Å². The van der Waals surface area contributed by atoms with Gasteiger partial charge >= 0.3 is 5.97 Å². The van der Waals surface area contributed by atoms with Crippen LogP contribution < -0.4 is 0 Å². The van der Waals surface area contributed by atoms with Gasteiger partial charge in [-0.1, -0.05) is 19.8 Å². The molecule has 0 bridgehead atoms. The van der Waals surface area contributed by atoms with Crippen LogP contribution in [-0.4, -0.2) is 44.7 Å². The Morgan fingerprint density at radius 2 is 2.00 bits per heavy atom. The fourth-order valence-electron chi connectivity index (χ4n) is 2.79. The lowest BCUT2D eigenvalue weighted by Gasteiger charge is -2.26. The van der Waals surface area contributed by atoms with Crippen molar-refractivity contribution in [2.24, 2.45) is 5.92 Å². The maximum Gasteiger partial charge on any atom is 0.332 e. The predicted molar refractivity (Wildman–Crippen MR) is 70.5 cm³/mol. The Kier molecular flexibility index (Phi) is 4.84. The van der Waals surface area contributed by atoms with Crippen molar-refractivity contribution in [1.82, 2.24) is 0 Å². The maximum atomic E-state index is 11.6. The Labute approximate surface area is 114 Å². The average molecular weight is 290 g/mol. The second-order valence-corrected chi connectivity index (χ2v) is 7.95. The Bertz CT molecular complexity index is 417. The highest BCUT2D eigenvalue weighted by atomic mass is 32.2. The molecular formula is C13H22O5S. The van der Waals surface area contributed by atoms with Crippen LogP contribution >= 0.6 is 0 Å². The first-order valence-corrected chi connectivity index (χ1v) is 8.78. The Balaban J connectivity index is 1.67. The quantitative estimate of drug-likeness (QED) is 0.730. The van der Waals surface area contributed by atoms with E-state index in [9.17, 15) is 13.2 Å². The van der Waals surface area contributed by atoms with Crippen LogP contribution in [0.3, 0.4) is 0 Å². The van der Waals surface area contributed by atoms with Gasteiger partial charge in [-0.15, -0.1) is 0 Å². The summed E-state index contributed by atoms with van der Waals surface area (Å²) in [5.74, 6) is 0.278. The van der Waals surface area contributed by atoms with Crippen LogP contribution in [0, 0.1) is 5.92 Å². The zero-order valence-electron chi connectivity index (χ0n) is 11.3. The summed E-state index contributed by atoms with van der Waals surface area (Å²) in [6, 6.07) is 0. The molecule has 0 aromatic rings. The van der Waals surface area contributed by atoms with E-state index < -0.39 is 21.9 Å². The smallest absolute Gasteiger partial charge is 0.332 e. The molecule has 1 aliphatic heterocycles. The molecule has 2 fully saturated rings. The van der Waals surface area contributed by atoms with E-state index >= 15 is 0 Å². The fraction of sp³-hybridized carbons (Fsp3) is 0.923. The molecule has 1 heterocycles. The molecular weight excluding hydrogens is 268 g/mol. The molecule has 2 rings (SSSR count). The third-order valence-corrected chi connectivity index (χ3v) is 5.55. The number of hydrogen-bond acceptors (Lipinski definition) is 5. The second-order valence-electron chi connectivity index (χ2n) is 5.72. The fourth-order valence-corrected chi connectivity index (χ4v) is 4.38. The summed E-state index contributed by atoms with van der Waals surface area (Å²) in [6.45, 7) is 2.13. The monoisotopic (exact) mass is 290 g/mol. The predicted octanol–water partition coefficient (Wildman–Crippen LogP) is 1.31. The summed E-state index contributed by atoms with van der Waals surface area (Å²) in [5, 5.41) is 0. The number of carbonyl (C=O) groups excluding carboxylic acids is 1. The highest BCUT2D eigenvalue weighted by Crippen LogP contribution is 2.25. The van der Waals surface area contributed by atoms with Gasteiger partial charge in [0.25, 0.3) is 0 Å². The molecule has 0 unspecified atom stereocenters. The summed E-state index contributed by atoms with van der Waals surface area (Å²) in [6.07, 6.45) is 4.43. The molecule has 1 aliphatic carbocycles. The van der Waals surface area contributed by atoms with Crippen LogP contribution in [0.15, 0.2) is 0 Å². The number of sulfone groups is 1. The lowest BCUT2D eigenvalue weighted by molar-refractivity contribution is -0.156. The van der Waals surface area contributed by atoms with Crippen molar-refractivity contribution in [2.75, 3.05) is 18.1 Å². The molecule has 2 aliphatic rings. The first-order chi connectivity index (χ1) is 8.94. The minimum absolute atomic E-state index is 0.0425. The van der Waals surface area contributed by atoms with Gasteiger partial charge in [0.05, 0.1) is 17.6 Å². The number of hydrogen-bond donors (Lipinski definition) is 0. The third-order valence-electron chi connectivity index (χ3n) is 3.81. The van der Waals surface area contributed by atoms with E-state index in [1.807, 2.05) is 0 Å². The molecule has 5 nitrogen and oxygen atoms in total.